The first-order valence-electron chi connectivity index (χ1n) is 8.63. The van der Waals surface area contributed by atoms with Crippen molar-refractivity contribution in [1.82, 2.24) is 4.98 Å². The van der Waals surface area contributed by atoms with Crippen LogP contribution in [0.25, 0.3) is 10.9 Å². The molecular weight excluding hydrogens is 312 g/mol. The van der Waals surface area contributed by atoms with E-state index in [2.05, 4.69) is 11.1 Å². The largest absolute Gasteiger partial charge is 0.368 e. The predicted octanol–water partition coefficient (Wildman–Crippen LogP) is 3.95. The van der Waals surface area contributed by atoms with Gasteiger partial charge in [-0.05, 0) is 42.7 Å². The molecule has 0 spiro atoms. The van der Waals surface area contributed by atoms with Gasteiger partial charge in [0.2, 0.25) is 0 Å². The maximum atomic E-state index is 13.0. The zero-order valence-corrected chi connectivity index (χ0v) is 14.0. The molecule has 1 fully saturated rings. The Labute approximate surface area is 147 Å². The first-order chi connectivity index (χ1) is 12.3. The van der Waals surface area contributed by atoms with E-state index in [4.69, 9.17) is 4.74 Å². The zero-order valence-electron chi connectivity index (χ0n) is 14.0. The number of carbonyl (C=O) groups is 1. The third kappa shape index (κ3) is 3.39. The lowest BCUT2D eigenvalue weighted by molar-refractivity contribution is -0.127. The number of aromatic nitrogens is 1. The fourth-order valence-electron chi connectivity index (χ4n) is 3.24. The van der Waals surface area contributed by atoms with Gasteiger partial charge in [0.1, 0.15) is 6.10 Å². The third-order valence-electron chi connectivity index (χ3n) is 4.53. The number of hydrogen-bond acceptors (Lipinski definition) is 3. The van der Waals surface area contributed by atoms with E-state index in [0.29, 0.717) is 13.2 Å². The van der Waals surface area contributed by atoms with Crippen molar-refractivity contribution in [2.75, 3.05) is 11.5 Å². The Morgan fingerprint density at radius 3 is 2.72 bits per heavy atom. The molecule has 0 N–H and O–H groups in total. The molecule has 0 radical (unpaired) electrons. The van der Waals surface area contributed by atoms with Crippen LogP contribution in [0.5, 0.6) is 0 Å². The van der Waals surface area contributed by atoms with Crippen molar-refractivity contribution in [2.24, 2.45) is 0 Å². The van der Waals surface area contributed by atoms with Gasteiger partial charge in [0.15, 0.2) is 0 Å². The number of ether oxygens (including phenoxy) is 1. The number of nitrogens with zero attached hydrogens (tertiary/aromatic N) is 2. The Kier molecular flexibility index (Phi) is 4.44. The van der Waals surface area contributed by atoms with Crippen molar-refractivity contribution in [3.8, 4) is 0 Å². The highest BCUT2D eigenvalue weighted by Gasteiger charge is 2.29. The molecule has 4 nitrogen and oxygen atoms in total. The fourth-order valence-corrected chi connectivity index (χ4v) is 3.24. The van der Waals surface area contributed by atoms with Crippen LogP contribution in [-0.4, -0.2) is 23.6 Å². The SMILES string of the molecule is O=C(C1CCCO1)N(Cc1cnc2ccccc2c1)c1ccccc1. The second kappa shape index (κ2) is 7.03. The van der Waals surface area contributed by atoms with Crippen LogP contribution in [0, 0.1) is 0 Å². The van der Waals surface area contributed by atoms with Crippen molar-refractivity contribution in [1.29, 1.82) is 0 Å². The van der Waals surface area contributed by atoms with Crippen LogP contribution in [-0.2, 0) is 16.1 Å². The van der Waals surface area contributed by atoms with E-state index in [1.807, 2.05) is 65.7 Å². The van der Waals surface area contributed by atoms with Gasteiger partial charge in [0.05, 0.1) is 12.1 Å². The van der Waals surface area contributed by atoms with Crippen LogP contribution in [0.4, 0.5) is 5.69 Å². The van der Waals surface area contributed by atoms with Crippen LogP contribution in [0.2, 0.25) is 0 Å². The van der Waals surface area contributed by atoms with Gasteiger partial charge in [0.25, 0.3) is 5.91 Å². The topological polar surface area (TPSA) is 42.4 Å². The molecular formula is C21H20N2O2. The van der Waals surface area contributed by atoms with E-state index < -0.39 is 0 Å². The molecule has 1 aliphatic rings. The molecule has 4 rings (SSSR count). The molecule has 126 valence electrons. The lowest BCUT2D eigenvalue weighted by Crippen LogP contribution is -2.38. The maximum absolute atomic E-state index is 13.0. The summed E-state index contributed by atoms with van der Waals surface area (Å²) < 4.78 is 5.62. The second-order valence-corrected chi connectivity index (χ2v) is 6.30. The first-order valence-corrected chi connectivity index (χ1v) is 8.63. The van der Waals surface area contributed by atoms with E-state index in [-0.39, 0.29) is 12.0 Å². The Morgan fingerprint density at radius 1 is 1.12 bits per heavy atom. The number of amides is 1. The average molecular weight is 332 g/mol. The van der Waals surface area contributed by atoms with Crippen LogP contribution >= 0.6 is 0 Å². The highest BCUT2D eigenvalue weighted by Crippen LogP contribution is 2.23. The molecule has 2 heterocycles. The molecule has 1 amide bonds. The molecule has 0 aliphatic carbocycles. The van der Waals surface area contributed by atoms with Crippen LogP contribution in [0.3, 0.4) is 0 Å². The van der Waals surface area contributed by atoms with Crippen molar-refractivity contribution in [3.63, 3.8) is 0 Å². The summed E-state index contributed by atoms with van der Waals surface area (Å²) in [6.45, 7) is 1.15. The lowest BCUT2D eigenvalue weighted by Gasteiger charge is -2.25. The van der Waals surface area contributed by atoms with Crippen molar-refractivity contribution in [3.05, 3.63) is 72.4 Å². The molecule has 3 aromatic rings. The summed E-state index contributed by atoms with van der Waals surface area (Å²) in [4.78, 5) is 19.3. The minimum Gasteiger partial charge on any atom is -0.368 e. The zero-order chi connectivity index (χ0) is 17.1. The third-order valence-corrected chi connectivity index (χ3v) is 4.53. The van der Waals surface area contributed by atoms with Crippen molar-refractivity contribution in [2.45, 2.75) is 25.5 Å². The number of carbonyl (C=O) groups excluding carboxylic acids is 1. The number of pyridine rings is 1. The van der Waals surface area contributed by atoms with Crippen molar-refractivity contribution < 1.29 is 9.53 Å². The number of fused-ring (bicyclic) bond motifs is 1. The van der Waals surface area contributed by atoms with Crippen molar-refractivity contribution >= 4 is 22.5 Å². The molecule has 0 bridgehead atoms. The number of para-hydroxylation sites is 2. The minimum absolute atomic E-state index is 0.0249. The summed E-state index contributed by atoms with van der Waals surface area (Å²) in [5.74, 6) is 0.0249. The monoisotopic (exact) mass is 332 g/mol. The smallest absolute Gasteiger partial charge is 0.256 e. The molecule has 2 aromatic carbocycles. The minimum atomic E-state index is -0.339. The Morgan fingerprint density at radius 2 is 1.92 bits per heavy atom. The van der Waals surface area contributed by atoms with E-state index in [9.17, 15) is 4.79 Å². The number of anilines is 1. The summed E-state index contributed by atoms with van der Waals surface area (Å²) in [6.07, 6.45) is 3.24. The van der Waals surface area contributed by atoms with Gasteiger partial charge in [0, 0.05) is 23.9 Å². The van der Waals surface area contributed by atoms with Gasteiger partial charge in [-0.25, -0.2) is 0 Å². The fraction of sp³-hybridized carbons (Fsp3) is 0.238. The summed E-state index contributed by atoms with van der Waals surface area (Å²) in [5.41, 5.74) is 2.85. The first kappa shape index (κ1) is 15.8. The highest BCUT2D eigenvalue weighted by atomic mass is 16.5. The number of rotatable bonds is 4. The highest BCUT2D eigenvalue weighted by molar-refractivity contribution is 5.96. The molecule has 1 atom stereocenters. The quantitative estimate of drug-likeness (QED) is 0.726. The second-order valence-electron chi connectivity index (χ2n) is 6.30. The van der Waals surface area contributed by atoms with Gasteiger partial charge < -0.3 is 9.64 Å². The summed E-state index contributed by atoms with van der Waals surface area (Å²) in [5, 5.41) is 1.08. The van der Waals surface area contributed by atoms with Gasteiger partial charge >= 0.3 is 0 Å². The summed E-state index contributed by atoms with van der Waals surface area (Å²) in [7, 11) is 0. The number of hydrogen-bond donors (Lipinski definition) is 0. The van der Waals surface area contributed by atoms with E-state index in [0.717, 1.165) is 35.0 Å². The number of benzene rings is 2. The molecule has 25 heavy (non-hydrogen) atoms. The maximum Gasteiger partial charge on any atom is 0.256 e. The van der Waals surface area contributed by atoms with Crippen LogP contribution < -0.4 is 4.90 Å². The molecule has 1 aliphatic heterocycles. The van der Waals surface area contributed by atoms with Crippen LogP contribution in [0.1, 0.15) is 18.4 Å². The lowest BCUT2D eigenvalue weighted by atomic mass is 10.1. The summed E-state index contributed by atoms with van der Waals surface area (Å²) >= 11 is 0. The van der Waals surface area contributed by atoms with Gasteiger partial charge in [-0.15, -0.1) is 0 Å². The Hall–Kier alpha value is -2.72. The molecule has 4 heteroatoms. The van der Waals surface area contributed by atoms with Gasteiger partial charge in [-0.2, -0.15) is 0 Å². The average Bonchev–Trinajstić information content (AvgIpc) is 3.21. The van der Waals surface area contributed by atoms with Crippen LogP contribution in [0.15, 0.2) is 66.9 Å². The Balaban J connectivity index is 1.66. The normalized spacial score (nSPS) is 16.9. The van der Waals surface area contributed by atoms with Gasteiger partial charge in [-0.3, -0.25) is 9.78 Å². The molecule has 1 unspecified atom stereocenters. The van der Waals surface area contributed by atoms with E-state index in [1.165, 1.54) is 0 Å². The molecule has 0 saturated carbocycles. The molecule has 1 saturated heterocycles. The predicted molar refractivity (Wildman–Crippen MR) is 98.3 cm³/mol. The summed E-state index contributed by atoms with van der Waals surface area (Å²) in [6, 6.07) is 19.9. The standard InChI is InChI=1S/C21H20N2O2/c24-21(20-11-6-12-25-20)23(18-8-2-1-3-9-18)15-16-13-17-7-4-5-10-19(17)22-14-16/h1-5,7-10,13-14,20H,6,11-12,15H2. The Bertz CT molecular complexity index is 873. The van der Waals surface area contributed by atoms with E-state index in [1.54, 1.807) is 0 Å². The van der Waals surface area contributed by atoms with E-state index >= 15 is 0 Å². The molecule has 1 aromatic heterocycles. The van der Waals surface area contributed by atoms with Gasteiger partial charge in [-0.1, -0.05) is 36.4 Å².